The Bertz CT molecular complexity index is 1860. The summed E-state index contributed by atoms with van der Waals surface area (Å²) < 4.78 is 42.2. The first kappa shape index (κ1) is 29.4. The van der Waals surface area contributed by atoms with Crippen LogP contribution in [0.3, 0.4) is 0 Å². The zero-order valence-electron chi connectivity index (χ0n) is 23.6. The fraction of sp³-hybridized carbons (Fsp3) is 0.300. The van der Waals surface area contributed by atoms with Crippen LogP contribution in [0.4, 0.5) is 0 Å². The molecule has 1 saturated heterocycles. The third-order valence-electron chi connectivity index (χ3n) is 7.67. The topological polar surface area (TPSA) is 113 Å². The molecule has 4 heterocycles. The molecular weight excluding hydrogens is 611 g/mol. The normalized spacial score (nSPS) is 14.3. The minimum absolute atomic E-state index is 0.147. The van der Waals surface area contributed by atoms with Crippen molar-refractivity contribution in [2.45, 2.75) is 36.6 Å². The van der Waals surface area contributed by atoms with Gasteiger partial charge in [-0.25, -0.2) is 17.4 Å². The molecule has 0 atom stereocenters. The van der Waals surface area contributed by atoms with Gasteiger partial charge in [-0.05, 0) is 62.5 Å². The average Bonchev–Trinajstić information content (AvgIpc) is 3.68. The van der Waals surface area contributed by atoms with Crippen LogP contribution in [0.15, 0.2) is 66.0 Å². The molecular formula is C30H30Cl2N6O4S. The van der Waals surface area contributed by atoms with E-state index in [4.69, 9.17) is 37.7 Å². The number of nitrogens with zero attached hydrogens (tertiary/aromatic N) is 5. The van der Waals surface area contributed by atoms with Crippen molar-refractivity contribution < 1.29 is 17.9 Å². The van der Waals surface area contributed by atoms with Gasteiger partial charge in [-0.15, -0.1) is 0 Å². The number of piperidine rings is 1. The number of fused-ring (bicyclic) bond motifs is 1. The zero-order chi connectivity index (χ0) is 30.1. The molecule has 1 fully saturated rings. The third-order valence-corrected chi connectivity index (χ3v) is 10.2. The predicted molar refractivity (Wildman–Crippen MR) is 166 cm³/mol. The average molecular weight is 642 g/mol. The lowest BCUT2D eigenvalue weighted by atomic mass is 10.1. The van der Waals surface area contributed by atoms with E-state index in [9.17, 15) is 8.42 Å². The SMILES string of the molecule is COc1cc(OC)c(Cl)c(CCc2cnc3cc(-c4cnn(C5CCNCC5)c4)n(S(=O)(=O)c4ccccc4)c3n2)c1Cl. The van der Waals surface area contributed by atoms with Crippen molar-refractivity contribution in [2.75, 3.05) is 27.3 Å². The molecule has 1 aliphatic rings. The number of aromatic nitrogens is 5. The standard InChI is InChI=1S/C30H30Cl2N6O4S/c1-41-26-15-27(42-2)29(32)23(28(26)31)9-8-20-17-34-24-14-25(19-16-35-37(18-19)21-10-12-33-13-11-21)38(30(24)36-20)43(39,40)22-6-4-3-5-7-22/h3-7,14-18,21,33H,8-13H2,1-2H3. The van der Waals surface area contributed by atoms with Crippen molar-refractivity contribution in [3.8, 4) is 22.8 Å². The van der Waals surface area contributed by atoms with Crippen molar-refractivity contribution in [3.05, 3.63) is 82.4 Å². The van der Waals surface area contributed by atoms with E-state index < -0.39 is 10.0 Å². The number of halogens is 2. The second-order valence-corrected chi connectivity index (χ2v) is 12.8. The maximum atomic E-state index is 14.1. The van der Waals surface area contributed by atoms with Gasteiger partial charge in [-0.1, -0.05) is 41.4 Å². The fourth-order valence-corrected chi connectivity index (χ4v) is 7.57. The first-order valence-electron chi connectivity index (χ1n) is 13.8. The molecule has 1 aliphatic heterocycles. The Morgan fingerprint density at radius 2 is 1.67 bits per heavy atom. The molecule has 0 radical (unpaired) electrons. The quantitative estimate of drug-likeness (QED) is 0.223. The Labute approximate surface area is 259 Å². The van der Waals surface area contributed by atoms with Gasteiger partial charge in [0.1, 0.15) is 17.0 Å². The highest BCUT2D eigenvalue weighted by atomic mass is 35.5. The van der Waals surface area contributed by atoms with Crippen LogP contribution in [0.5, 0.6) is 11.5 Å². The molecule has 0 spiro atoms. The van der Waals surface area contributed by atoms with Crippen LogP contribution in [-0.2, 0) is 22.9 Å². The van der Waals surface area contributed by atoms with Gasteiger partial charge in [0, 0.05) is 24.0 Å². The monoisotopic (exact) mass is 640 g/mol. The Kier molecular flexibility index (Phi) is 8.32. The molecule has 6 rings (SSSR count). The van der Waals surface area contributed by atoms with Crippen LogP contribution in [0, 0.1) is 0 Å². The lowest BCUT2D eigenvalue weighted by molar-refractivity contribution is 0.343. The van der Waals surface area contributed by atoms with E-state index in [1.165, 1.54) is 18.2 Å². The molecule has 0 aliphatic carbocycles. The summed E-state index contributed by atoms with van der Waals surface area (Å²) in [4.78, 5) is 9.57. The fourth-order valence-electron chi connectivity index (χ4n) is 5.39. The predicted octanol–water partition coefficient (Wildman–Crippen LogP) is 5.57. The van der Waals surface area contributed by atoms with Crippen LogP contribution >= 0.6 is 23.2 Å². The van der Waals surface area contributed by atoms with Crippen LogP contribution in [-0.4, -0.2) is 59.4 Å². The van der Waals surface area contributed by atoms with Crippen molar-refractivity contribution >= 4 is 44.4 Å². The summed E-state index contributed by atoms with van der Waals surface area (Å²) in [5.74, 6) is 0.883. The Morgan fingerprint density at radius 1 is 0.977 bits per heavy atom. The number of benzene rings is 2. The number of ether oxygens (including phenoxy) is 2. The molecule has 0 bridgehead atoms. The Morgan fingerprint density at radius 3 is 2.35 bits per heavy atom. The number of nitrogens with one attached hydrogen (secondary N) is 1. The first-order valence-corrected chi connectivity index (χ1v) is 16.0. The van der Waals surface area contributed by atoms with Crippen molar-refractivity contribution in [1.82, 2.24) is 29.0 Å². The number of aryl methyl sites for hydroxylation is 1. The van der Waals surface area contributed by atoms with Crippen LogP contribution in [0.25, 0.3) is 22.4 Å². The summed E-state index contributed by atoms with van der Waals surface area (Å²) in [6.45, 7) is 1.83. The number of methoxy groups -OCH3 is 2. The van der Waals surface area contributed by atoms with Gasteiger partial charge >= 0.3 is 0 Å². The van der Waals surface area contributed by atoms with Crippen LogP contribution in [0.2, 0.25) is 10.0 Å². The zero-order valence-corrected chi connectivity index (χ0v) is 26.0. The molecule has 13 heteroatoms. The van der Waals surface area contributed by atoms with Crippen molar-refractivity contribution in [2.24, 2.45) is 0 Å². The van der Waals surface area contributed by atoms with E-state index in [1.807, 2.05) is 10.9 Å². The van der Waals surface area contributed by atoms with E-state index in [1.54, 1.807) is 54.9 Å². The summed E-state index contributed by atoms with van der Waals surface area (Å²) in [5.41, 5.74) is 3.00. The first-order chi connectivity index (χ1) is 20.8. The van der Waals surface area contributed by atoms with Crippen molar-refractivity contribution in [3.63, 3.8) is 0 Å². The highest BCUT2D eigenvalue weighted by Gasteiger charge is 2.27. The van der Waals surface area contributed by atoms with Gasteiger partial charge in [0.15, 0.2) is 5.65 Å². The van der Waals surface area contributed by atoms with Crippen LogP contribution in [0.1, 0.15) is 30.1 Å². The second-order valence-electron chi connectivity index (χ2n) is 10.3. The third kappa shape index (κ3) is 5.58. The summed E-state index contributed by atoms with van der Waals surface area (Å²) in [5, 5.41) is 8.73. The number of hydrogen-bond acceptors (Lipinski definition) is 8. The summed E-state index contributed by atoms with van der Waals surface area (Å²) in [6, 6.07) is 11.9. The molecule has 5 aromatic rings. The second kappa shape index (κ2) is 12.2. The van der Waals surface area contributed by atoms with Crippen LogP contribution < -0.4 is 14.8 Å². The highest BCUT2D eigenvalue weighted by molar-refractivity contribution is 7.90. The van der Waals surface area contributed by atoms with Gasteiger partial charge in [-0.3, -0.25) is 9.67 Å². The molecule has 0 amide bonds. The van der Waals surface area contributed by atoms with Gasteiger partial charge in [0.25, 0.3) is 10.0 Å². The van der Waals surface area contributed by atoms with Crippen molar-refractivity contribution in [1.29, 1.82) is 0 Å². The van der Waals surface area contributed by atoms with E-state index in [0.29, 0.717) is 62.4 Å². The minimum atomic E-state index is -4.04. The van der Waals surface area contributed by atoms with Gasteiger partial charge in [-0.2, -0.15) is 5.10 Å². The molecule has 0 saturated carbocycles. The number of hydrogen-bond donors (Lipinski definition) is 1. The lowest BCUT2D eigenvalue weighted by Crippen LogP contribution is -2.29. The van der Waals surface area contributed by atoms with E-state index in [0.717, 1.165) is 25.9 Å². The van der Waals surface area contributed by atoms with E-state index >= 15 is 0 Å². The summed E-state index contributed by atoms with van der Waals surface area (Å²) >= 11 is 13.2. The molecule has 10 nitrogen and oxygen atoms in total. The summed E-state index contributed by atoms with van der Waals surface area (Å²) in [6.07, 6.45) is 7.93. The smallest absolute Gasteiger partial charge is 0.269 e. The molecule has 3 aromatic heterocycles. The molecule has 2 aromatic carbocycles. The molecule has 224 valence electrons. The maximum Gasteiger partial charge on any atom is 0.269 e. The van der Waals surface area contributed by atoms with Gasteiger partial charge in [0.05, 0.1) is 52.8 Å². The Balaban J connectivity index is 1.43. The molecule has 43 heavy (non-hydrogen) atoms. The maximum absolute atomic E-state index is 14.1. The van der Waals surface area contributed by atoms with E-state index in [-0.39, 0.29) is 16.6 Å². The van der Waals surface area contributed by atoms with E-state index in [2.05, 4.69) is 15.4 Å². The minimum Gasteiger partial charge on any atom is -0.495 e. The number of rotatable bonds is 9. The Hall–Kier alpha value is -3.64. The van der Waals surface area contributed by atoms with Gasteiger partial charge in [0.2, 0.25) is 0 Å². The molecule has 1 N–H and O–H groups in total. The summed E-state index contributed by atoms with van der Waals surface area (Å²) in [7, 11) is -0.999. The lowest BCUT2D eigenvalue weighted by Gasteiger charge is -2.22. The largest absolute Gasteiger partial charge is 0.495 e. The molecule has 0 unspecified atom stereocenters. The highest BCUT2D eigenvalue weighted by Crippen LogP contribution is 2.41. The van der Waals surface area contributed by atoms with Gasteiger partial charge < -0.3 is 14.8 Å².